The van der Waals surface area contributed by atoms with Crippen molar-refractivity contribution in [3.05, 3.63) is 62.3 Å². The fourth-order valence-electron chi connectivity index (χ4n) is 1.59. The third-order valence-corrected chi connectivity index (χ3v) is 3.90. The molecule has 0 fully saturated rings. The first kappa shape index (κ1) is 14.5. The molecule has 0 aliphatic carbocycles. The first-order valence-corrected chi connectivity index (χ1v) is 7.54. The monoisotopic (exact) mass is 346 g/mol. The Kier molecular flexibility index (Phi) is 5.10. The molecule has 20 heavy (non-hydrogen) atoms. The van der Waals surface area contributed by atoms with Crippen LogP contribution in [0.1, 0.15) is 10.4 Å². The van der Waals surface area contributed by atoms with Gasteiger partial charge in [0, 0.05) is 9.35 Å². The van der Waals surface area contributed by atoms with Crippen LogP contribution in [-0.4, -0.2) is 5.91 Å². The molecule has 1 aromatic heterocycles. The quantitative estimate of drug-likeness (QED) is 0.677. The second kappa shape index (κ2) is 7.04. The number of thiophene rings is 1. The molecule has 0 saturated heterocycles. The number of carbonyl (C=O) groups excluding carboxylic acids is 1. The van der Waals surface area contributed by atoms with E-state index in [4.69, 9.17) is 5.26 Å². The van der Waals surface area contributed by atoms with Gasteiger partial charge in [-0.05, 0) is 35.2 Å². The maximum atomic E-state index is 11.9. The van der Waals surface area contributed by atoms with Crippen molar-refractivity contribution in [3.63, 3.8) is 0 Å². The van der Waals surface area contributed by atoms with E-state index in [2.05, 4.69) is 21.2 Å². The zero-order valence-electron chi connectivity index (χ0n) is 10.5. The number of hydrogen-bond donors (Lipinski definition) is 1. The minimum atomic E-state index is -0.360. The summed E-state index contributed by atoms with van der Waals surface area (Å²) >= 11 is 4.92. The van der Waals surface area contributed by atoms with Gasteiger partial charge in [0.1, 0.15) is 11.6 Å². The van der Waals surface area contributed by atoms with Crippen LogP contribution in [0.3, 0.4) is 0 Å². The second-order valence-electron chi connectivity index (χ2n) is 3.99. The van der Waals surface area contributed by atoms with Crippen molar-refractivity contribution in [1.29, 1.82) is 5.26 Å². The Morgan fingerprint density at radius 3 is 2.90 bits per heavy atom. The Bertz CT molecular complexity index is 671. The van der Waals surface area contributed by atoms with Crippen molar-refractivity contribution in [2.24, 2.45) is 0 Å². The van der Waals surface area contributed by atoms with E-state index in [9.17, 15) is 4.79 Å². The van der Waals surface area contributed by atoms with Crippen LogP contribution in [0.4, 0.5) is 0 Å². The van der Waals surface area contributed by atoms with E-state index in [1.807, 2.05) is 47.8 Å². The van der Waals surface area contributed by atoms with Crippen molar-refractivity contribution < 1.29 is 4.79 Å². The van der Waals surface area contributed by atoms with E-state index in [0.29, 0.717) is 6.54 Å². The zero-order valence-corrected chi connectivity index (χ0v) is 12.9. The minimum absolute atomic E-state index is 0.0969. The maximum absolute atomic E-state index is 11.9. The Balaban J connectivity index is 2.07. The Labute approximate surface area is 129 Å². The fourth-order valence-corrected chi connectivity index (χ4v) is 2.65. The van der Waals surface area contributed by atoms with Crippen LogP contribution in [0, 0.1) is 11.3 Å². The molecule has 0 aliphatic rings. The first-order valence-electron chi connectivity index (χ1n) is 5.87. The highest BCUT2D eigenvalue weighted by molar-refractivity contribution is 9.10. The molecular weight excluding hydrogens is 336 g/mol. The van der Waals surface area contributed by atoms with Crippen LogP contribution in [-0.2, 0) is 11.3 Å². The van der Waals surface area contributed by atoms with Gasteiger partial charge in [0.2, 0.25) is 0 Å². The van der Waals surface area contributed by atoms with Crippen LogP contribution in [0.2, 0.25) is 0 Å². The van der Waals surface area contributed by atoms with E-state index >= 15 is 0 Å². The van der Waals surface area contributed by atoms with Crippen LogP contribution < -0.4 is 5.32 Å². The lowest BCUT2D eigenvalue weighted by atomic mass is 10.1. The number of nitriles is 1. The van der Waals surface area contributed by atoms with E-state index in [1.54, 1.807) is 17.4 Å². The average Bonchev–Trinajstić information content (AvgIpc) is 2.95. The largest absolute Gasteiger partial charge is 0.347 e. The van der Waals surface area contributed by atoms with Gasteiger partial charge in [-0.25, -0.2) is 0 Å². The Hall–Kier alpha value is -1.90. The summed E-state index contributed by atoms with van der Waals surface area (Å²) in [6.45, 7) is 0.438. The van der Waals surface area contributed by atoms with Crippen molar-refractivity contribution in [1.82, 2.24) is 5.32 Å². The summed E-state index contributed by atoms with van der Waals surface area (Å²) in [6.07, 6.45) is 1.58. The van der Waals surface area contributed by atoms with Gasteiger partial charge in [-0.2, -0.15) is 5.26 Å². The Morgan fingerprint density at radius 2 is 2.25 bits per heavy atom. The van der Waals surface area contributed by atoms with Crippen molar-refractivity contribution in [2.45, 2.75) is 6.54 Å². The lowest BCUT2D eigenvalue weighted by Gasteiger charge is -2.02. The molecular formula is C15H11BrN2OS. The summed E-state index contributed by atoms with van der Waals surface area (Å²) < 4.78 is 0.905. The van der Waals surface area contributed by atoms with Gasteiger partial charge in [0.05, 0.1) is 6.54 Å². The topological polar surface area (TPSA) is 52.9 Å². The highest BCUT2D eigenvalue weighted by atomic mass is 79.9. The van der Waals surface area contributed by atoms with Crippen molar-refractivity contribution >= 4 is 39.2 Å². The lowest BCUT2D eigenvalue weighted by Crippen LogP contribution is -2.23. The maximum Gasteiger partial charge on any atom is 0.262 e. The summed E-state index contributed by atoms with van der Waals surface area (Å²) in [5, 5.41) is 13.8. The van der Waals surface area contributed by atoms with Crippen LogP contribution >= 0.6 is 27.3 Å². The third kappa shape index (κ3) is 4.05. The number of halogens is 1. The number of nitrogens with one attached hydrogen (secondary N) is 1. The smallest absolute Gasteiger partial charge is 0.262 e. The summed E-state index contributed by atoms with van der Waals surface area (Å²) in [4.78, 5) is 13.0. The number of benzene rings is 1. The van der Waals surface area contributed by atoms with Crippen LogP contribution in [0.5, 0.6) is 0 Å². The van der Waals surface area contributed by atoms with Gasteiger partial charge in [-0.3, -0.25) is 4.79 Å². The lowest BCUT2D eigenvalue weighted by molar-refractivity contribution is -0.117. The summed E-state index contributed by atoms with van der Waals surface area (Å²) in [6, 6.07) is 13.2. The Morgan fingerprint density at radius 1 is 1.40 bits per heavy atom. The van der Waals surface area contributed by atoms with Gasteiger partial charge < -0.3 is 5.32 Å². The molecule has 5 heteroatoms. The van der Waals surface area contributed by atoms with Crippen molar-refractivity contribution in [3.8, 4) is 6.07 Å². The van der Waals surface area contributed by atoms with Crippen LogP contribution in [0.25, 0.3) is 6.08 Å². The summed E-state index contributed by atoms with van der Waals surface area (Å²) in [7, 11) is 0. The molecule has 0 atom stereocenters. The molecule has 100 valence electrons. The molecule has 0 bridgehead atoms. The molecule has 1 heterocycles. The fraction of sp³-hybridized carbons (Fsp3) is 0.0667. The van der Waals surface area contributed by atoms with Crippen molar-refractivity contribution in [2.75, 3.05) is 0 Å². The standard InChI is InChI=1S/C15H11BrN2OS/c16-13-4-1-3-11(8-13)7-12(9-17)15(19)18-10-14-5-2-6-20-14/h1-8H,10H2,(H,18,19)/b12-7+. The number of rotatable bonds is 4. The van der Waals surface area contributed by atoms with Gasteiger partial charge >= 0.3 is 0 Å². The SMILES string of the molecule is N#C/C(=C\c1cccc(Br)c1)C(=O)NCc1cccs1. The molecule has 0 saturated carbocycles. The molecule has 3 nitrogen and oxygen atoms in total. The van der Waals surface area contributed by atoms with E-state index in [0.717, 1.165) is 14.9 Å². The number of carbonyl (C=O) groups is 1. The highest BCUT2D eigenvalue weighted by Gasteiger charge is 2.08. The highest BCUT2D eigenvalue weighted by Crippen LogP contribution is 2.14. The van der Waals surface area contributed by atoms with Gasteiger partial charge in [-0.1, -0.05) is 34.1 Å². The number of nitrogens with zero attached hydrogens (tertiary/aromatic N) is 1. The van der Waals surface area contributed by atoms with E-state index in [-0.39, 0.29) is 11.5 Å². The van der Waals surface area contributed by atoms with E-state index in [1.165, 1.54) is 0 Å². The summed E-state index contributed by atoms with van der Waals surface area (Å²) in [5.74, 6) is -0.360. The van der Waals surface area contributed by atoms with Gasteiger partial charge in [-0.15, -0.1) is 11.3 Å². The summed E-state index contributed by atoms with van der Waals surface area (Å²) in [5.41, 5.74) is 0.904. The molecule has 1 amide bonds. The predicted molar refractivity (Wildman–Crippen MR) is 83.9 cm³/mol. The average molecular weight is 347 g/mol. The third-order valence-electron chi connectivity index (χ3n) is 2.53. The predicted octanol–water partition coefficient (Wildman–Crippen LogP) is 3.73. The van der Waals surface area contributed by atoms with E-state index < -0.39 is 0 Å². The molecule has 1 aromatic carbocycles. The van der Waals surface area contributed by atoms with Crippen LogP contribution in [0.15, 0.2) is 51.8 Å². The molecule has 2 rings (SSSR count). The molecule has 0 aliphatic heterocycles. The molecule has 0 radical (unpaired) electrons. The number of amides is 1. The molecule has 0 spiro atoms. The van der Waals surface area contributed by atoms with Gasteiger partial charge in [0.25, 0.3) is 5.91 Å². The second-order valence-corrected chi connectivity index (χ2v) is 5.93. The zero-order chi connectivity index (χ0) is 14.4. The normalized spacial score (nSPS) is 10.9. The number of hydrogen-bond acceptors (Lipinski definition) is 3. The molecule has 1 N–H and O–H groups in total. The minimum Gasteiger partial charge on any atom is -0.347 e. The molecule has 2 aromatic rings. The first-order chi connectivity index (χ1) is 9.69. The molecule has 0 unspecified atom stereocenters. The van der Waals surface area contributed by atoms with Gasteiger partial charge in [0.15, 0.2) is 0 Å².